The van der Waals surface area contributed by atoms with Gasteiger partial charge in [0.1, 0.15) is 5.75 Å². The summed E-state index contributed by atoms with van der Waals surface area (Å²) in [6, 6.07) is 9.26. The molecule has 2 aromatic rings. The van der Waals surface area contributed by atoms with Crippen molar-refractivity contribution in [3.63, 3.8) is 0 Å². The number of benzene rings is 2. The van der Waals surface area contributed by atoms with Crippen molar-refractivity contribution >= 4 is 38.9 Å². The van der Waals surface area contributed by atoms with E-state index in [9.17, 15) is 8.42 Å². The molecule has 0 bridgehead atoms. The molecule has 0 aliphatic heterocycles. The molecule has 0 saturated heterocycles. The van der Waals surface area contributed by atoms with Gasteiger partial charge >= 0.3 is 0 Å². The van der Waals surface area contributed by atoms with Gasteiger partial charge in [0.2, 0.25) is 0 Å². The SMILES string of the molecule is COc1cc(S(=O)(=O)Nc2cccc(Cl)c2C)ccc1Cl. The number of sulfonamides is 1. The van der Waals surface area contributed by atoms with Crippen molar-refractivity contribution in [2.75, 3.05) is 11.8 Å². The summed E-state index contributed by atoms with van der Waals surface area (Å²) < 4.78 is 32.3. The molecule has 0 aliphatic rings. The molecule has 0 fully saturated rings. The van der Waals surface area contributed by atoms with E-state index < -0.39 is 10.0 Å². The minimum Gasteiger partial charge on any atom is -0.495 e. The van der Waals surface area contributed by atoms with Gasteiger partial charge in [-0.25, -0.2) is 8.42 Å². The molecule has 0 spiro atoms. The molecule has 7 heteroatoms. The standard InChI is InChI=1S/C14H13Cl2NO3S/c1-9-11(15)4-3-5-13(9)17-21(18,19)10-6-7-12(16)14(8-10)20-2/h3-8,17H,1-2H3. The molecule has 2 rings (SSSR count). The third kappa shape index (κ3) is 3.43. The van der Waals surface area contributed by atoms with Gasteiger partial charge in [-0.1, -0.05) is 29.3 Å². The number of nitrogens with one attached hydrogen (secondary N) is 1. The first-order chi connectivity index (χ1) is 9.85. The first kappa shape index (κ1) is 15.9. The van der Waals surface area contributed by atoms with Crippen LogP contribution < -0.4 is 9.46 Å². The zero-order chi connectivity index (χ0) is 15.6. The Kier molecular flexibility index (Phi) is 4.66. The van der Waals surface area contributed by atoms with Crippen molar-refractivity contribution in [2.45, 2.75) is 11.8 Å². The molecule has 0 amide bonds. The molecular formula is C14H13Cl2NO3S. The van der Waals surface area contributed by atoms with Crippen LogP contribution in [0.15, 0.2) is 41.3 Å². The van der Waals surface area contributed by atoms with Gasteiger partial charge in [-0.05, 0) is 36.8 Å². The maximum absolute atomic E-state index is 12.4. The Morgan fingerprint density at radius 1 is 1.10 bits per heavy atom. The van der Waals surface area contributed by atoms with Crippen LogP contribution in [0.3, 0.4) is 0 Å². The van der Waals surface area contributed by atoms with E-state index in [-0.39, 0.29) is 4.90 Å². The van der Waals surface area contributed by atoms with Gasteiger partial charge in [-0.2, -0.15) is 0 Å². The smallest absolute Gasteiger partial charge is 0.262 e. The maximum atomic E-state index is 12.4. The number of hydrogen-bond acceptors (Lipinski definition) is 3. The van der Waals surface area contributed by atoms with Crippen molar-refractivity contribution in [3.05, 3.63) is 52.0 Å². The predicted octanol–water partition coefficient (Wildman–Crippen LogP) is 4.11. The fraction of sp³-hybridized carbons (Fsp3) is 0.143. The van der Waals surface area contributed by atoms with Crippen LogP contribution in [0.5, 0.6) is 5.75 Å². The Hall–Kier alpha value is -1.43. The second kappa shape index (κ2) is 6.13. The number of ether oxygens (including phenoxy) is 1. The normalized spacial score (nSPS) is 11.2. The second-order valence-electron chi connectivity index (χ2n) is 4.31. The van der Waals surface area contributed by atoms with Crippen LogP contribution in [0.4, 0.5) is 5.69 Å². The predicted molar refractivity (Wildman–Crippen MR) is 85.0 cm³/mol. The van der Waals surface area contributed by atoms with Gasteiger partial charge in [0.05, 0.1) is 22.7 Å². The quantitative estimate of drug-likeness (QED) is 0.906. The second-order valence-corrected chi connectivity index (χ2v) is 6.81. The summed E-state index contributed by atoms with van der Waals surface area (Å²) in [5.74, 6) is 0.294. The van der Waals surface area contributed by atoms with Crippen LogP contribution in [0, 0.1) is 6.92 Å². The summed E-state index contributed by atoms with van der Waals surface area (Å²) >= 11 is 11.9. The Balaban J connectivity index is 2.41. The van der Waals surface area contributed by atoms with Crippen LogP contribution >= 0.6 is 23.2 Å². The third-order valence-electron chi connectivity index (χ3n) is 2.94. The largest absolute Gasteiger partial charge is 0.495 e. The van der Waals surface area contributed by atoms with E-state index in [1.807, 2.05) is 0 Å². The first-order valence-corrected chi connectivity index (χ1v) is 8.20. The van der Waals surface area contributed by atoms with E-state index in [1.165, 1.54) is 25.3 Å². The zero-order valence-corrected chi connectivity index (χ0v) is 13.7. The zero-order valence-electron chi connectivity index (χ0n) is 11.4. The van der Waals surface area contributed by atoms with Gasteiger partial charge in [-0.15, -0.1) is 0 Å². The molecule has 4 nitrogen and oxygen atoms in total. The lowest BCUT2D eigenvalue weighted by Gasteiger charge is -2.12. The van der Waals surface area contributed by atoms with Crippen LogP contribution in [-0.4, -0.2) is 15.5 Å². The van der Waals surface area contributed by atoms with Crippen LogP contribution in [0.25, 0.3) is 0 Å². The highest BCUT2D eigenvalue weighted by molar-refractivity contribution is 7.92. The summed E-state index contributed by atoms with van der Waals surface area (Å²) in [5, 5.41) is 0.833. The number of methoxy groups -OCH3 is 1. The van der Waals surface area contributed by atoms with Crippen molar-refractivity contribution < 1.29 is 13.2 Å². The van der Waals surface area contributed by atoms with Gasteiger partial charge in [0.25, 0.3) is 10.0 Å². The van der Waals surface area contributed by atoms with E-state index in [0.717, 1.165) is 0 Å². The maximum Gasteiger partial charge on any atom is 0.262 e. The first-order valence-electron chi connectivity index (χ1n) is 5.96. The van der Waals surface area contributed by atoms with Crippen molar-refractivity contribution in [1.29, 1.82) is 0 Å². The minimum absolute atomic E-state index is 0.0584. The third-order valence-corrected chi connectivity index (χ3v) is 5.03. The molecule has 0 radical (unpaired) electrons. The molecule has 0 aliphatic carbocycles. The van der Waals surface area contributed by atoms with Gasteiger partial charge in [-0.3, -0.25) is 4.72 Å². The Labute approximate surface area is 133 Å². The Morgan fingerprint density at radius 2 is 1.81 bits per heavy atom. The summed E-state index contributed by atoms with van der Waals surface area (Å²) in [6.45, 7) is 1.74. The summed E-state index contributed by atoms with van der Waals surface area (Å²) in [6.07, 6.45) is 0. The van der Waals surface area contributed by atoms with E-state index in [4.69, 9.17) is 27.9 Å². The molecule has 0 saturated carbocycles. The lowest BCUT2D eigenvalue weighted by molar-refractivity contribution is 0.413. The van der Waals surface area contributed by atoms with Gasteiger partial charge in [0, 0.05) is 11.1 Å². The van der Waals surface area contributed by atoms with Crippen LogP contribution in [-0.2, 0) is 10.0 Å². The number of halogens is 2. The fourth-order valence-electron chi connectivity index (χ4n) is 1.73. The summed E-state index contributed by atoms with van der Waals surface area (Å²) in [4.78, 5) is 0.0584. The molecule has 2 aromatic carbocycles. The highest BCUT2D eigenvalue weighted by atomic mass is 35.5. The summed E-state index contributed by atoms with van der Waals surface area (Å²) in [7, 11) is -2.33. The summed E-state index contributed by atoms with van der Waals surface area (Å²) in [5.41, 5.74) is 1.08. The fourth-order valence-corrected chi connectivity index (χ4v) is 3.24. The molecule has 0 heterocycles. The van der Waals surface area contributed by atoms with E-state index in [0.29, 0.717) is 27.0 Å². The van der Waals surface area contributed by atoms with E-state index in [1.54, 1.807) is 25.1 Å². The number of anilines is 1. The van der Waals surface area contributed by atoms with Gasteiger partial charge < -0.3 is 4.74 Å². The topological polar surface area (TPSA) is 55.4 Å². The molecule has 21 heavy (non-hydrogen) atoms. The lowest BCUT2D eigenvalue weighted by Crippen LogP contribution is -2.14. The lowest BCUT2D eigenvalue weighted by atomic mass is 10.2. The van der Waals surface area contributed by atoms with Crippen molar-refractivity contribution in [2.24, 2.45) is 0 Å². The highest BCUT2D eigenvalue weighted by Crippen LogP contribution is 2.29. The van der Waals surface area contributed by atoms with Crippen LogP contribution in [0.2, 0.25) is 10.0 Å². The molecule has 0 unspecified atom stereocenters. The van der Waals surface area contributed by atoms with E-state index >= 15 is 0 Å². The molecule has 1 N–H and O–H groups in total. The number of hydrogen-bond donors (Lipinski definition) is 1. The Morgan fingerprint density at radius 3 is 2.48 bits per heavy atom. The van der Waals surface area contributed by atoms with Gasteiger partial charge in [0.15, 0.2) is 0 Å². The van der Waals surface area contributed by atoms with Crippen molar-refractivity contribution in [1.82, 2.24) is 0 Å². The van der Waals surface area contributed by atoms with Crippen molar-refractivity contribution in [3.8, 4) is 5.75 Å². The molecule has 0 aromatic heterocycles. The van der Waals surface area contributed by atoms with Crippen LogP contribution in [0.1, 0.15) is 5.56 Å². The molecule has 0 atom stereocenters. The number of rotatable bonds is 4. The minimum atomic E-state index is -3.75. The molecule has 112 valence electrons. The highest BCUT2D eigenvalue weighted by Gasteiger charge is 2.17. The van der Waals surface area contributed by atoms with E-state index in [2.05, 4.69) is 4.72 Å². The Bertz CT molecular complexity index is 776. The monoisotopic (exact) mass is 345 g/mol. The molecular weight excluding hydrogens is 333 g/mol. The average Bonchev–Trinajstić information content (AvgIpc) is 2.44. The average molecular weight is 346 g/mol.